The second-order valence-electron chi connectivity index (χ2n) is 1.48. The molecule has 1 aromatic heterocycles. The number of aromatic nitrogens is 1. The fourth-order valence-corrected chi connectivity index (χ4v) is 0.997. The fraction of sp³-hybridized carbons (Fsp3) is 0.250. The molecule has 0 radical (unpaired) electrons. The largest absolute Gasteiger partial charge is 0.374 e. The van der Waals surface area contributed by atoms with Gasteiger partial charge in [0, 0.05) is 6.92 Å². The minimum atomic E-state index is -0.497. The molecule has 5 heteroatoms. The van der Waals surface area contributed by atoms with Crippen LogP contribution < -0.4 is 0 Å². The minimum Gasteiger partial charge on any atom is -0.358 e. The second-order valence-corrected chi connectivity index (χ2v) is 2.54. The first kappa shape index (κ1) is 6.15. The van der Waals surface area contributed by atoms with E-state index in [2.05, 4.69) is 4.98 Å². The van der Waals surface area contributed by atoms with Crippen LogP contribution in [-0.2, 0) is 0 Å². The first-order valence-corrected chi connectivity index (χ1v) is 3.14. The summed E-state index contributed by atoms with van der Waals surface area (Å²) >= 11 is 1.28. The lowest BCUT2D eigenvalue weighted by atomic mass is 10.8. The Morgan fingerprint density at radius 2 is 2.56 bits per heavy atom. The van der Waals surface area contributed by atoms with Crippen molar-refractivity contribution in [2.45, 2.75) is 6.92 Å². The number of thiazole rings is 1. The van der Waals surface area contributed by atoms with Crippen LogP contribution in [0.2, 0.25) is 0 Å². The van der Waals surface area contributed by atoms with Gasteiger partial charge < -0.3 is 10.1 Å². The van der Waals surface area contributed by atoms with Crippen molar-refractivity contribution in [1.82, 2.24) is 4.98 Å². The van der Waals surface area contributed by atoms with E-state index in [9.17, 15) is 10.1 Å². The van der Waals surface area contributed by atoms with E-state index >= 15 is 0 Å². The average Bonchev–Trinajstić information content (AvgIpc) is 2.14. The summed E-state index contributed by atoms with van der Waals surface area (Å²) < 4.78 is 0. The average molecular weight is 144 g/mol. The Hall–Kier alpha value is -0.970. The normalized spacial score (nSPS) is 9.44. The fourth-order valence-electron chi connectivity index (χ4n) is 0.436. The zero-order valence-electron chi connectivity index (χ0n) is 4.70. The maximum atomic E-state index is 9.96. The quantitative estimate of drug-likeness (QED) is 0.441. The van der Waals surface area contributed by atoms with E-state index in [1.807, 2.05) is 0 Å². The molecule has 0 saturated heterocycles. The highest BCUT2D eigenvalue weighted by atomic mass is 32.1. The van der Waals surface area contributed by atoms with Crippen LogP contribution in [0.1, 0.15) is 5.01 Å². The van der Waals surface area contributed by atoms with E-state index in [0.29, 0.717) is 0 Å². The summed E-state index contributed by atoms with van der Waals surface area (Å²) in [4.78, 5) is 13.1. The van der Waals surface area contributed by atoms with E-state index < -0.39 is 4.92 Å². The van der Waals surface area contributed by atoms with Crippen molar-refractivity contribution in [3.8, 4) is 0 Å². The van der Waals surface area contributed by atoms with Crippen molar-refractivity contribution in [1.29, 1.82) is 0 Å². The highest BCUT2D eigenvalue weighted by Crippen LogP contribution is 2.13. The summed E-state index contributed by atoms with van der Waals surface area (Å²) in [6.07, 6.45) is 0. The number of hydrogen-bond donors (Lipinski definition) is 0. The van der Waals surface area contributed by atoms with Gasteiger partial charge >= 0.3 is 5.82 Å². The van der Waals surface area contributed by atoms with Gasteiger partial charge in [-0.2, -0.15) is 0 Å². The number of nitrogens with zero attached hydrogens (tertiary/aromatic N) is 2. The number of aryl methyl sites for hydroxylation is 1. The third-order valence-corrected chi connectivity index (χ3v) is 1.56. The molecular formula is C4H4N2O2S. The van der Waals surface area contributed by atoms with E-state index in [1.165, 1.54) is 16.7 Å². The SMILES string of the molecule is Cc1nc([N+](=O)[O-])cs1. The summed E-state index contributed by atoms with van der Waals surface area (Å²) in [5, 5.41) is 12.1. The minimum absolute atomic E-state index is 0.0579. The molecule has 9 heavy (non-hydrogen) atoms. The molecule has 0 aliphatic heterocycles. The highest BCUT2D eigenvalue weighted by Gasteiger charge is 2.08. The zero-order chi connectivity index (χ0) is 6.85. The molecule has 0 aliphatic carbocycles. The van der Waals surface area contributed by atoms with Gasteiger partial charge in [0.15, 0.2) is 0 Å². The van der Waals surface area contributed by atoms with Crippen molar-refractivity contribution in [2.24, 2.45) is 0 Å². The van der Waals surface area contributed by atoms with Gasteiger partial charge in [0.2, 0.25) is 5.01 Å². The maximum Gasteiger partial charge on any atom is 0.374 e. The molecule has 0 fully saturated rings. The summed E-state index contributed by atoms with van der Waals surface area (Å²) in [6, 6.07) is 0. The van der Waals surface area contributed by atoms with Gasteiger partial charge in [0.25, 0.3) is 0 Å². The van der Waals surface area contributed by atoms with Crippen LogP contribution in [0, 0.1) is 17.0 Å². The van der Waals surface area contributed by atoms with Gasteiger partial charge in [0.05, 0.1) is 5.38 Å². The van der Waals surface area contributed by atoms with Gasteiger partial charge in [-0.05, 0) is 9.91 Å². The lowest BCUT2D eigenvalue weighted by molar-refractivity contribution is -0.389. The van der Waals surface area contributed by atoms with Crippen LogP contribution >= 0.6 is 11.3 Å². The summed E-state index contributed by atoms with van der Waals surface area (Å²) in [5.74, 6) is -0.0579. The smallest absolute Gasteiger partial charge is 0.358 e. The Morgan fingerprint density at radius 1 is 1.89 bits per heavy atom. The Bertz CT molecular complexity index is 232. The van der Waals surface area contributed by atoms with Crippen molar-refractivity contribution < 1.29 is 4.92 Å². The molecule has 1 rings (SSSR count). The van der Waals surface area contributed by atoms with Crippen molar-refractivity contribution >= 4 is 17.2 Å². The number of rotatable bonds is 1. The van der Waals surface area contributed by atoms with E-state index in [4.69, 9.17) is 0 Å². The predicted octanol–water partition coefficient (Wildman–Crippen LogP) is 1.36. The van der Waals surface area contributed by atoms with Crippen molar-refractivity contribution in [3.63, 3.8) is 0 Å². The van der Waals surface area contributed by atoms with Gasteiger partial charge in [-0.1, -0.05) is 11.3 Å². The molecule has 0 unspecified atom stereocenters. The topological polar surface area (TPSA) is 56.0 Å². The van der Waals surface area contributed by atoms with Crippen LogP contribution in [0.15, 0.2) is 5.38 Å². The van der Waals surface area contributed by atoms with Crippen molar-refractivity contribution in [2.75, 3.05) is 0 Å². The molecule has 0 spiro atoms. The van der Waals surface area contributed by atoms with Gasteiger partial charge in [-0.15, -0.1) is 0 Å². The Kier molecular flexibility index (Phi) is 1.44. The van der Waals surface area contributed by atoms with Crippen LogP contribution in [0.5, 0.6) is 0 Å². The lowest BCUT2D eigenvalue weighted by Gasteiger charge is -1.81. The summed E-state index contributed by atoms with van der Waals surface area (Å²) in [5.41, 5.74) is 0. The van der Waals surface area contributed by atoms with Crippen LogP contribution in [0.25, 0.3) is 0 Å². The lowest BCUT2D eigenvalue weighted by Crippen LogP contribution is -1.86. The van der Waals surface area contributed by atoms with E-state index in [0.717, 1.165) is 5.01 Å². The predicted molar refractivity (Wildman–Crippen MR) is 33.5 cm³/mol. The van der Waals surface area contributed by atoms with Crippen molar-refractivity contribution in [3.05, 3.63) is 20.5 Å². The standard InChI is InChI=1S/C4H4N2O2S/c1-3-5-4(2-9-3)6(7)8/h2H,1H3. The monoisotopic (exact) mass is 144 g/mol. The first-order valence-electron chi connectivity index (χ1n) is 2.26. The number of nitro groups is 1. The summed E-state index contributed by atoms with van der Waals surface area (Å²) in [7, 11) is 0. The third-order valence-electron chi connectivity index (χ3n) is 0.794. The molecule has 0 atom stereocenters. The molecule has 1 heterocycles. The Balaban J connectivity index is 2.98. The second kappa shape index (κ2) is 2.10. The molecule has 1 aromatic rings. The third kappa shape index (κ3) is 1.23. The summed E-state index contributed by atoms with van der Waals surface area (Å²) in [6.45, 7) is 1.73. The molecule has 0 aromatic carbocycles. The van der Waals surface area contributed by atoms with Crippen LogP contribution in [-0.4, -0.2) is 9.91 Å². The molecule has 0 bridgehead atoms. The molecule has 0 saturated carbocycles. The number of hydrogen-bond acceptors (Lipinski definition) is 4. The van der Waals surface area contributed by atoms with Gasteiger partial charge in [-0.25, -0.2) is 0 Å². The van der Waals surface area contributed by atoms with Crippen LogP contribution in [0.4, 0.5) is 5.82 Å². The van der Waals surface area contributed by atoms with Gasteiger partial charge in [0.1, 0.15) is 0 Å². The zero-order valence-corrected chi connectivity index (χ0v) is 5.51. The van der Waals surface area contributed by atoms with E-state index in [-0.39, 0.29) is 5.82 Å². The Morgan fingerprint density at radius 3 is 2.78 bits per heavy atom. The van der Waals surface area contributed by atoms with E-state index in [1.54, 1.807) is 6.92 Å². The molecular weight excluding hydrogens is 140 g/mol. The molecule has 0 amide bonds. The molecule has 4 nitrogen and oxygen atoms in total. The molecule has 0 N–H and O–H groups in total. The molecule has 48 valence electrons. The Labute approximate surface area is 55.3 Å². The van der Waals surface area contributed by atoms with Crippen LogP contribution in [0.3, 0.4) is 0 Å². The molecule has 0 aliphatic rings. The maximum absolute atomic E-state index is 9.96. The van der Waals surface area contributed by atoms with Gasteiger partial charge in [-0.3, -0.25) is 0 Å². The highest BCUT2D eigenvalue weighted by molar-refractivity contribution is 7.09. The first-order chi connectivity index (χ1) is 4.20.